The van der Waals surface area contributed by atoms with Gasteiger partial charge in [-0.3, -0.25) is 9.50 Å². The molecular formula is C23H21N7OS. The Balaban J connectivity index is 1.51. The summed E-state index contributed by atoms with van der Waals surface area (Å²) in [7, 11) is -1.40. The molecule has 8 nitrogen and oxygen atoms in total. The minimum atomic E-state index is -1.40. The van der Waals surface area contributed by atoms with E-state index in [2.05, 4.69) is 25.2 Å². The number of aryl methyl sites for hydroxylation is 2. The molecule has 5 aromatic rings. The summed E-state index contributed by atoms with van der Waals surface area (Å²) in [5.74, 6) is 1.26. The second-order valence-electron chi connectivity index (χ2n) is 7.40. The van der Waals surface area contributed by atoms with E-state index >= 15 is 0 Å². The molecule has 0 saturated carbocycles. The zero-order valence-corrected chi connectivity index (χ0v) is 18.4. The SMILES string of the molecule is Cc1cn2c(Nc3cc(C)[nH]n3)nc(-c3cccc(S(=O)Nc4ccccc4)c3)cc2n1. The van der Waals surface area contributed by atoms with E-state index in [1.165, 1.54) is 0 Å². The van der Waals surface area contributed by atoms with E-state index in [-0.39, 0.29) is 0 Å². The van der Waals surface area contributed by atoms with E-state index in [0.717, 1.165) is 34.0 Å². The van der Waals surface area contributed by atoms with E-state index < -0.39 is 11.0 Å². The highest BCUT2D eigenvalue weighted by Gasteiger charge is 2.13. The van der Waals surface area contributed by atoms with Crippen LogP contribution in [0.2, 0.25) is 0 Å². The van der Waals surface area contributed by atoms with Crippen molar-refractivity contribution in [2.45, 2.75) is 18.7 Å². The van der Waals surface area contributed by atoms with Gasteiger partial charge in [-0.05, 0) is 38.1 Å². The molecular weight excluding hydrogens is 422 g/mol. The van der Waals surface area contributed by atoms with Crippen LogP contribution in [0.5, 0.6) is 0 Å². The summed E-state index contributed by atoms with van der Waals surface area (Å²) in [5.41, 5.74) is 4.95. The summed E-state index contributed by atoms with van der Waals surface area (Å²) in [6, 6.07) is 20.8. The number of rotatable bonds is 6. The third-order valence-electron chi connectivity index (χ3n) is 4.85. The Kier molecular flexibility index (Phi) is 5.16. The lowest BCUT2D eigenvalue weighted by molar-refractivity contribution is 0.686. The quantitative estimate of drug-likeness (QED) is 0.356. The largest absolute Gasteiger partial charge is 0.308 e. The van der Waals surface area contributed by atoms with Gasteiger partial charge >= 0.3 is 0 Å². The molecule has 0 fully saturated rings. The zero-order chi connectivity index (χ0) is 22.1. The first-order chi connectivity index (χ1) is 15.5. The van der Waals surface area contributed by atoms with E-state index in [1.54, 1.807) is 0 Å². The Labute approximate surface area is 187 Å². The van der Waals surface area contributed by atoms with Crippen LogP contribution < -0.4 is 10.0 Å². The van der Waals surface area contributed by atoms with E-state index in [4.69, 9.17) is 4.98 Å². The minimum Gasteiger partial charge on any atom is -0.308 e. The number of hydrogen-bond acceptors (Lipinski definition) is 5. The second kappa shape index (κ2) is 8.27. The number of aromatic nitrogens is 5. The zero-order valence-electron chi connectivity index (χ0n) is 17.5. The van der Waals surface area contributed by atoms with Crippen molar-refractivity contribution < 1.29 is 4.21 Å². The number of imidazole rings is 1. The van der Waals surface area contributed by atoms with Gasteiger partial charge in [-0.1, -0.05) is 30.3 Å². The maximum absolute atomic E-state index is 12.9. The van der Waals surface area contributed by atoms with Gasteiger partial charge in [0.1, 0.15) is 16.6 Å². The summed E-state index contributed by atoms with van der Waals surface area (Å²) >= 11 is 0. The van der Waals surface area contributed by atoms with E-state index in [0.29, 0.717) is 16.7 Å². The van der Waals surface area contributed by atoms with Crippen LogP contribution in [0.25, 0.3) is 16.9 Å². The van der Waals surface area contributed by atoms with Crippen LogP contribution in [-0.2, 0) is 11.0 Å². The monoisotopic (exact) mass is 443 g/mol. The first kappa shape index (κ1) is 20.0. The van der Waals surface area contributed by atoms with Gasteiger partial charge in [0.2, 0.25) is 5.95 Å². The molecule has 0 amide bonds. The summed E-state index contributed by atoms with van der Waals surface area (Å²) in [6.07, 6.45) is 1.92. The highest BCUT2D eigenvalue weighted by Crippen LogP contribution is 2.26. The number of hydrogen-bond donors (Lipinski definition) is 3. The van der Waals surface area contributed by atoms with Crippen LogP contribution in [0.15, 0.2) is 77.8 Å². The van der Waals surface area contributed by atoms with Gasteiger partial charge in [0.15, 0.2) is 5.82 Å². The van der Waals surface area contributed by atoms with Gasteiger partial charge in [-0.2, -0.15) is 5.10 Å². The third-order valence-corrected chi connectivity index (χ3v) is 5.95. The maximum atomic E-state index is 12.9. The van der Waals surface area contributed by atoms with E-state index in [1.807, 2.05) is 91.2 Å². The summed E-state index contributed by atoms with van der Waals surface area (Å²) in [5, 5.41) is 10.4. The number of nitrogens with one attached hydrogen (secondary N) is 3. The molecule has 2 aromatic carbocycles. The molecule has 3 aromatic heterocycles. The van der Waals surface area contributed by atoms with Crippen LogP contribution in [-0.4, -0.2) is 28.8 Å². The van der Waals surface area contributed by atoms with Crippen molar-refractivity contribution in [3.63, 3.8) is 0 Å². The van der Waals surface area contributed by atoms with Crippen molar-refractivity contribution in [1.82, 2.24) is 24.6 Å². The van der Waals surface area contributed by atoms with Crippen LogP contribution in [0.4, 0.5) is 17.5 Å². The molecule has 9 heteroatoms. The average molecular weight is 444 g/mol. The standard InChI is InChI=1S/C23H21N7OS/c1-15-11-21(28-27-15)26-23-25-20(13-22-24-16(2)14-30(22)23)17-7-6-10-19(12-17)32(31)29-18-8-4-3-5-9-18/h3-14,29H,1-2H3,(H2,25,26,27,28). The molecule has 3 heterocycles. The fraction of sp³-hybridized carbons (Fsp3) is 0.0870. The van der Waals surface area contributed by atoms with Gasteiger partial charge in [-0.15, -0.1) is 0 Å². The number of nitrogens with zero attached hydrogens (tertiary/aromatic N) is 4. The van der Waals surface area contributed by atoms with Crippen LogP contribution in [0, 0.1) is 13.8 Å². The Hall–Kier alpha value is -3.98. The van der Waals surface area contributed by atoms with Crippen LogP contribution in [0.1, 0.15) is 11.4 Å². The molecule has 1 atom stereocenters. The summed E-state index contributed by atoms with van der Waals surface area (Å²) in [4.78, 5) is 10.1. The van der Waals surface area contributed by atoms with Gasteiger partial charge in [0, 0.05) is 35.3 Å². The Morgan fingerprint density at radius 2 is 1.81 bits per heavy atom. The van der Waals surface area contributed by atoms with Gasteiger partial charge in [0.05, 0.1) is 16.3 Å². The number of benzene rings is 2. The lowest BCUT2D eigenvalue weighted by atomic mass is 10.1. The molecule has 0 saturated heterocycles. The van der Waals surface area contributed by atoms with Crippen molar-refractivity contribution >= 4 is 34.1 Å². The van der Waals surface area contributed by atoms with Crippen LogP contribution in [0.3, 0.4) is 0 Å². The highest BCUT2D eigenvalue weighted by molar-refractivity contribution is 7.86. The van der Waals surface area contributed by atoms with Crippen molar-refractivity contribution in [2.75, 3.05) is 10.0 Å². The summed E-state index contributed by atoms with van der Waals surface area (Å²) < 4.78 is 17.8. The predicted molar refractivity (Wildman–Crippen MR) is 126 cm³/mol. The third kappa shape index (κ3) is 4.10. The van der Waals surface area contributed by atoms with Crippen molar-refractivity contribution in [3.8, 4) is 11.3 Å². The molecule has 0 aliphatic heterocycles. The van der Waals surface area contributed by atoms with Gasteiger partial charge in [-0.25, -0.2) is 14.2 Å². The van der Waals surface area contributed by atoms with Crippen molar-refractivity contribution in [1.29, 1.82) is 0 Å². The normalized spacial score (nSPS) is 12.1. The topological polar surface area (TPSA) is 100 Å². The Morgan fingerprint density at radius 3 is 2.59 bits per heavy atom. The van der Waals surface area contributed by atoms with E-state index in [9.17, 15) is 4.21 Å². The molecule has 32 heavy (non-hydrogen) atoms. The predicted octanol–water partition coefficient (Wildman–Crippen LogP) is 4.61. The lowest BCUT2D eigenvalue weighted by Gasteiger charge is -2.10. The number of anilines is 3. The molecule has 0 spiro atoms. The molecule has 0 radical (unpaired) electrons. The summed E-state index contributed by atoms with van der Waals surface area (Å²) in [6.45, 7) is 3.88. The molecule has 1 unspecified atom stereocenters. The molecule has 5 rings (SSSR count). The van der Waals surface area contributed by atoms with Crippen LogP contribution >= 0.6 is 0 Å². The van der Waals surface area contributed by atoms with Crippen molar-refractivity contribution in [3.05, 3.63) is 84.3 Å². The highest BCUT2D eigenvalue weighted by atomic mass is 32.2. The smallest absolute Gasteiger partial charge is 0.215 e. The number of fused-ring (bicyclic) bond motifs is 1. The maximum Gasteiger partial charge on any atom is 0.215 e. The Morgan fingerprint density at radius 1 is 0.969 bits per heavy atom. The first-order valence-electron chi connectivity index (χ1n) is 10.0. The van der Waals surface area contributed by atoms with Gasteiger partial charge in [0.25, 0.3) is 0 Å². The first-order valence-corrected chi connectivity index (χ1v) is 11.2. The minimum absolute atomic E-state index is 0.596. The van der Waals surface area contributed by atoms with Crippen molar-refractivity contribution in [2.24, 2.45) is 0 Å². The Bertz CT molecular complexity index is 1430. The fourth-order valence-electron chi connectivity index (χ4n) is 3.39. The molecule has 0 aliphatic carbocycles. The lowest BCUT2D eigenvalue weighted by Crippen LogP contribution is -2.05. The fourth-order valence-corrected chi connectivity index (χ4v) is 4.29. The number of para-hydroxylation sites is 1. The molecule has 160 valence electrons. The average Bonchev–Trinajstić information content (AvgIpc) is 3.38. The van der Waals surface area contributed by atoms with Gasteiger partial charge < -0.3 is 10.0 Å². The number of H-pyrrole nitrogens is 1. The number of aromatic amines is 1. The molecule has 0 aliphatic rings. The molecule has 3 N–H and O–H groups in total. The second-order valence-corrected chi connectivity index (χ2v) is 8.61. The molecule has 0 bridgehead atoms.